The average Bonchev–Trinajstić information content (AvgIpc) is 2.36. The van der Waals surface area contributed by atoms with Crippen molar-refractivity contribution in [3.63, 3.8) is 0 Å². The highest BCUT2D eigenvalue weighted by Crippen LogP contribution is 2.39. The highest BCUT2D eigenvalue weighted by atomic mass is 35.5. The largest absolute Gasteiger partial charge is 0.489 e. The fourth-order valence-corrected chi connectivity index (χ4v) is 2.52. The van der Waals surface area contributed by atoms with Crippen LogP contribution in [0.4, 0.5) is 9.18 Å². The first-order chi connectivity index (χ1) is 9.35. The molecular formula is C14H17ClFNO3. The van der Waals surface area contributed by atoms with Gasteiger partial charge in [0.25, 0.3) is 0 Å². The Bertz CT molecular complexity index is 510. The lowest BCUT2D eigenvalue weighted by Gasteiger charge is -2.38. The van der Waals surface area contributed by atoms with Crippen LogP contribution in [-0.2, 0) is 4.74 Å². The molecule has 0 bridgehead atoms. The zero-order valence-electron chi connectivity index (χ0n) is 11.6. The molecule has 4 nitrogen and oxygen atoms in total. The van der Waals surface area contributed by atoms with E-state index in [0.29, 0.717) is 12.2 Å². The van der Waals surface area contributed by atoms with Gasteiger partial charge in [-0.1, -0.05) is 25.4 Å². The van der Waals surface area contributed by atoms with Crippen LogP contribution in [0.15, 0.2) is 12.1 Å². The van der Waals surface area contributed by atoms with Crippen molar-refractivity contribution < 1.29 is 18.7 Å². The van der Waals surface area contributed by atoms with Crippen LogP contribution in [-0.4, -0.2) is 19.3 Å². The molecule has 0 spiro atoms. The second-order valence-corrected chi connectivity index (χ2v) is 5.80. The van der Waals surface area contributed by atoms with E-state index < -0.39 is 11.9 Å². The molecule has 1 atom stereocenters. The number of amides is 1. The van der Waals surface area contributed by atoms with E-state index in [4.69, 9.17) is 21.1 Å². The summed E-state index contributed by atoms with van der Waals surface area (Å²) in [7, 11) is 0. The molecule has 1 fully saturated rings. The predicted octanol–water partition coefficient (Wildman–Crippen LogP) is 3.68. The standard InChI is InChI=1S/C14H17ClFNO3/c1-4-19-11-9(15)5-8(6-10(11)16)12-14(2,3)7-20-13(18)17-12/h5-6,12H,4,7H2,1-3H3,(H,17,18)/t12-/m0/s1. The lowest BCUT2D eigenvalue weighted by atomic mass is 9.80. The van der Waals surface area contributed by atoms with Crippen LogP contribution < -0.4 is 10.1 Å². The van der Waals surface area contributed by atoms with E-state index in [1.807, 2.05) is 13.8 Å². The minimum absolute atomic E-state index is 0.0362. The quantitative estimate of drug-likeness (QED) is 0.926. The number of rotatable bonds is 3. The number of ether oxygens (including phenoxy) is 2. The molecule has 1 saturated heterocycles. The Kier molecular flexibility index (Phi) is 4.09. The predicted molar refractivity (Wildman–Crippen MR) is 73.6 cm³/mol. The fraction of sp³-hybridized carbons (Fsp3) is 0.500. The molecule has 1 aromatic carbocycles. The third-order valence-electron chi connectivity index (χ3n) is 3.26. The molecule has 1 aromatic rings. The SMILES string of the molecule is CCOc1c(F)cc([C@@H]2NC(=O)OCC2(C)C)cc1Cl. The van der Waals surface area contributed by atoms with Gasteiger partial charge in [-0.2, -0.15) is 0 Å². The Morgan fingerprint density at radius 3 is 2.85 bits per heavy atom. The van der Waals surface area contributed by atoms with Crippen molar-refractivity contribution in [2.75, 3.05) is 13.2 Å². The Morgan fingerprint density at radius 2 is 2.25 bits per heavy atom. The summed E-state index contributed by atoms with van der Waals surface area (Å²) < 4.78 is 24.2. The maximum atomic E-state index is 14.0. The maximum absolute atomic E-state index is 14.0. The molecule has 20 heavy (non-hydrogen) atoms. The molecule has 0 radical (unpaired) electrons. The molecule has 0 unspecified atom stereocenters. The third-order valence-corrected chi connectivity index (χ3v) is 3.54. The van der Waals surface area contributed by atoms with Crippen LogP contribution in [0.25, 0.3) is 0 Å². The minimum atomic E-state index is -0.536. The van der Waals surface area contributed by atoms with Gasteiger partial charge in [0.1, 0.15) is 6.61 Å². The number of carbonyl (C=O) groups is 1. The van der Waals surface area contributed by atoms with E-state index in [0.717, 1.165) is 0 Å². The van der Waals surface area contributed by atoms with Gasteiger partial charge in [-0.15, -0.1) is 0 Å². The highest BCUT2D eigenvalue weighted by molar-refractivity contribution is 6.32. The third kappa shape index (κ3) is 2.82. The summed E-state index contributed by atoms with van der Waals surface area (Å²) in [5.41, 5.74) is 0.231. The molecule has 1 amide bonds. The van der Waals surface area contributed by atoms with Crippen LogP contribution in [0.5, 0.6) is 5.75 Å². The van der Waals surface area contributed by atoms with Gasteiger partial charge in [-0.25, -0.2) is 9.18 Å². The summed E-state index contributed by atoms with van der Waals surface area (Å²) >= 11 is 6.05. The number of halogens is 2. The van der Waals surface area contributed by atoms with Crippen molar-refractivity contribution in [2.45, 2.75) is 26.8 Å². The van der Waals surface area contributed by atoms with E-state index in [1.165, 1.54) is 6.07 Å². The number of benzene rings is 1. The normalized spacial score (nSPS) is 21.1. The summed E-state index contributed by atoms with van der Waals surface area (Å²) in [6.45, 7) is 6.20. The molecule has 1 aliphatic rings. The molecule has 0 saturated carbocycles. The van der Waals surface area contributed by atoms with Gasteiger partial charge < -0.3 is 14.8 Å². The van der Waals surface area contributed by atoms with E-state index in [1.54, 1.807) is 13.0 Å². The molecule has 0 aliphatic carbocycles. The lowest BCUT2D eigenvalue weighted by molar-refractivity contribution is 0.0386. The first-order valence-corrected chi connectivity index (χ1v) is 6.78. The number of cyclic esters (lactones) is 1. The monoisotopic (exact) mass is 301 g/mol. The Labute approximate surface area is 122 Å². The van der Waals surface area contributed by atoms with Crippen molar-refractivity contribution in [2.24, 2.45) is 5.41 Å². The maximum Gasteiger partial charge on any atom is 0.407 e. The second-order valence-electron chi connectivity index (χ2n) is 5.39. The molecule has 0 aromatic heterocycles. The first-order valence-electron chi connectivity index (χ1n) is 6.40. The molecule has 1 heterocycles. The molecule has 110 valence electrons. The zero-order chi connectivity index (χ0) is 14.9. The van der Waals surface area contributed by atoms with Gasteiger partial charge in [-0.3, -0.25) is 0 Å². The van der Waals surface area contributed by atoms with Crippen LogP contribution in [0, 0.1) is 11.2 Å². The van der Waals surface area contributed by atoms with E-state index in [-0.39, 0.29) is 28.8 Å². The van der Waals surface area contributed by atoms with Gasteiger partial charge >= 0.3 is 6.09 Å². The smallest absolute Gasteiger partial charge is 0.407 e. The van der Waals surface area contributed by atoms with Gasteiger partial charge in [0, 0.05) is 5.41 Å². The topological polar surface area (TPSA) is 47.6 Å². The van der Waals surface area contributed by atoms with Crippen LogP contribution in [0.3, 0.4) is 0 Å². The molecular weight excluding hydrogens is 285 g/mol. The van der Waals surface area contributed by atoms with Crippen molar-refractivity contribution in [1.82, 2.24) is 5.32 Å². The lowest BCUT2D eigenvalue weighted by Crippen LogP contribution is -2.46. The molecule has 1 aliphatic heterocycles. The van der Waals surface area contributed by atoms with Gasteiger partial charge in [0.2, 0.25) is 0 Å². The number of hydrogen-bond donors (Lipinski definition) is 1. The van der Waals surface area contributed by atoms with Crippen molar-refractivity contribution >= 4 is 17.7 Å². The minimum Gasteiger partial charge on any atom is -0.489 e. The molecule has 2 rings (SSSR count). The summed E-state index contributed by atoms with van der Waals surface area (Å²) in [5, 5.41) is 2.89. The Morgan fingerprint density at radius 1 is 1.55 bits per heavy atom. The van der Waals surface area contributed by atoms with Gasteiger partial charge in [-0.05, 0) is 24.6 Å². The van der Waals surface area contributed by atoms with E-state index in [2.05, 4.69) is 5.32 Å². The highest BCUT2D eigenvalue weighted by Gasteiger charge is 2.38. The number of hydrogen-bond acceptors (Lipinski definition) is 3. The van der Waals surface area contributed by atoms with Gasteiger partial charge in [0.05, 0.1) is 17.7 Å². The zero-order valence-corrected chi connectivity index (χ0v) is 12.4. The van der Waals surface area contributed by atoms with Gasteiger partial charge in [0.15, 0.2) is 11.6 Å². The number of alkyl carbamates (subject to hydrolysis) is 1. The van der Waals surface area contributed by atoms with Crippen LogP contribution in [0.2, 0.25) is 5.02 Å². The van der Waals surface area contributed by atoms with Crippen LogP contribution >= 0.6 is 11.6 Å². The second kappa shape index (κ2) is 5.48. The van der Waals surface area contributed by atoms with Crippen molar-refractivity contribution in [3.8, 4) is 5.75 Å². The molecule has 6 heteroatoms. The Hall–Kier alpha value is -1.49. The van der Waals surface area contributed by atoms with E-state index in [9.17, 15) is 9.18 Å². The number of nitrogens with one attached hydrogen (secondary N) is 1. The average molecular weight is 302 g/mol. The summed E-state index contributed by atoms with van der Waals surface area (Å²) in [5.74, 6) is -0.500. The summed E-state index contributed by atoms with van der Waals surface area (Å²) in [6, 6.07) is 2.59. The first kappa shape index (κ1) is 14.9. The Balaban J connectivity index is 2.39. The summed E-state index contributed by atoms with van der Waals surface area (Å²) in [4.78, 5) is 11.4. The summed E-state index contributed by atoms with van der Waals surface area (Å²) in [6.07, 6.45) is -0.514. The van der Waals surface area contributed by atoms with Crippen molar-refractivity contribution in [3.05, 3.63) is 28.5 Å². The van der Waals surface area contributed by atoms with Crippen LogP contribution in [0.1, 0.15) is 32.4 Å². The van der Waals surface area contributed by atoms with E-state index >= 15 is 0 Å². The molecule has 1 N–H and O–H groups in total. The fourth-order valence-electron chi connectivity index (χ4n) is 2.25. The van der Waals surface area contributed by atoms with Crippen molar-refractivity contribution in [1.29, 1.82) is 0 Å². The number of carbonyl (C=O) groups excluding carboxylic acids is 1.